The third-order valence-corrected chi connectivity index (χ3v) is 3.71. The lowest BCUT2D eigenvalue weighted by molar-refractivity contribution is 0.0412. The van der Waals surface area contributed by atoms with E-state index in [0.29, 0.717) is 12.3 Å². The number of carbonyl (C=O) groups excluding carboxylic acids is 1. The maximum atomic E-state index is 12.0. The first-order chi connectivity index (χ1) is 12.1. The van der Waals surface area contributed by atoms with Gasteiger partial charge in [0.05, 0.1) is 6.54 Å². The molecule has 2 aromatic heterocycles. The Kier molecular flexibility index (Phi) is 5.18. The van der Waals surface area contributed by atoms with E-state index in [0.717, 1.165) is 16.9 Å². The lowest BCUT2D eigenvalue weighted by Crippen LogP contribution is -2.12. The number of esters is 1. The minimum absolute atomic E-state index is 0.155. The molecule has 0 radical (unpaired) electrons. The molecule has 0 atom stereocenters. The second kappa shape index (κ2) is 7.70. The van der Waals surface area contributed by atoms with Crippen LogP contribution in [0.5, 0.6) is 5.75 Å². The van der Waals surface area contributed by atoms with Crippen LogP contribution in [0.4, 0.5) is 0 Å². The normalized spacial score (nSPS) is 10.6. The molecule has 0 aliphatic heterocycles. The third-order valence-electron chi connectivity index (χ3n) is 3.71. The molecule has 6 heteroatoms. The Labute approximate surface area is 146 Å². The largest absolute Gasteiger partial charge is 0.489 e. The number of furan rings is 1. The molecule has 0 spiro atoms. The highest BCUT2D eigenvalue weighted by Crippen LogP contribution is 2.22. The Morgan fingerprint density at radius 3 is 2.64 bits per heavy atom. The molecule has 0 fully saturated rings. The van der Waals surface area contributed by atoms with Crippen molar-refractivity contribution in [2.75, 3.05) is 13.2 Å². The van der Waals surface area contributed by atoms with Gasteiger partial charge in [0.25, 0.3) is 0 Å². The monoisotopic (exact) mass is 340 g/mol. The second-order valence-corrected chi connectivity index (χ2v) is 5.67. The molecule has 6 nitrogen and oxygen atoms in total. The first kappa shape index (κ1) is 16.8. The highest BCUT2D eigenvalue weighted by atomic mass is 16.6. The lowest BCUT2D eigenvalue weighted by atomic mass is 10.1. The van der Waals surface area contributed by atoms with Crippen molar-refractivity contribution in [3.8, 4) is 5.75 Å². The van der Waals surface area contributed by atoms with Crippen LogP contribution in [-0.2, 0) is 11.3 Å². The highest BCUT2D eigenvalue weighted by molar-refractivity contribution is 5.86. The lowest BCUT2D eigenvalue weighted by Gasteiger charge is -2.11. The van der Waals surface area contributed by atoms with E-state index in [-0.39, 0.29) is 19.0 Å². The topological polar surface area (TPSA) is 66.5 Å². The molecule has 25 heavy (non-hydrogen) atoms. The zero-order valence-electron chi connectivity index (χ0n) is 14.3. The van der Waals surface area contributed by atoms with Crippen molar-refractivity contribution in [3.05, 3.63) is 71.4 Å². The number of hydrogen-bond acceptors (Lipinski definition) is 5. The van der Waals surface area contributed by atoms with Crippen molar-refractivity contribution in [1.82, 2.24) is 9.78 Å². The zero-order chi connectivity index (χ0) is 17.6. The van der Waals surface area contributed by atoms with Gasteiger partial charge in [0.1, 0.15) is 24.7 Å². The van der Waals surface area contributed by atoms with Gasteiger partial charge in [-0.1, -0.05) is 18.2 Å². The third kappa shape index (κ3) is 4.29. The summed E-state index contributed by atoms with van der Waals surface area (Å²) in [5.74, 6) is 1.14. The first-order valence-corrected chi connectivity index (χ1v) is 8.06. The van der Waals surface area contributed by atoms with Crippen LogP contribution >= 0.6 is 0 Å². The molecule has 1 aromatic carbocycles. The Balaban J connectivity index is 1.47. The Morgan fingerprint density at radius 2 is 1.92 bits per heavy atom. The minimum Gasteiger partial charge on any atom is -0.489 e. The number of nitrogens with zero attached hydrogens (tertiary/aromatic N) is 2. The summed E-state index contributed by atoms with van der Waals surface area (Å²) < 4.78 is 18.1. The number of aryl methyl sites for hydroxylation is 2. The molecule has 2 heterocycles. The predicted octanol–water partition coefficient (Wildman–Crippen LogP) is 3.38. The van der Waals surface area contributed by atoms with Crippen LogP contribution in [0.15, 0.2) is 53.2 Å². The standard InChI is InChI=1S/C19H20N2O4/c1-14-5-3-6-15(2)18(14)23-11-12-24-19(22)17-8-7-16(25-17)13-21-10-4-9-20-21/h3-10H,11-13H2,1-2H3. The van der Waals surface area contributed by atoms with Crippen LogP contribution in [0.25, 0.3) is 0 Å². The molecular weight excluding hydrogens is 320 g/mol. The molecule has 130 valence electrons. The van der Waals surface area contributed by atoms with Crippen molar-refractivity contribution in [1.29, 1.82) is 0 Å². The molecule has 0 bridgehead atoms. The minimum atomic E-state index is -0.503. The molecule has 0 saturated heterocycles. The van der Waals surface area contributed by atoms with Crippen molar-refractivity contribution in [2.45, 2.75) is 20.4 Å². The molecule has 0 unspecified atom stereocenters. The van der Waals surface area contributed by atoms with E-state index >= 15 is 0 Å². The van der Waals surface area contributed by atoms with Crippen molar-refractivity contribution in [3.63, 3.8) is 0 Å². The molecule has 0 N–H and O–H groups in total. The number of ether oxygens (including phenoxy) is 2. The van der Waals surface area contributed by atoms with E-state index in [1.165, 1.54) is 0 Å². The van der Waals surface area contributed by atoms with E-state index in [2.05, 4.69) is 5.10 Å². The van der Waals surface area contributed by atoms with E-state index < -0.39 is 5.97 Å². The fourth-order valence-electron chi connectivity index (χ4n) is 2.50. The average Bonchev–Trinajstić information content (AvgIpc) is 3.26. The number of benzene rings is 1. The zero-order valence-corrected chi connectivity index (χ0v) is 14.3. The summed E-state index contributed by atoms with van der Waals surface area (Å²) in [4.78, 5) is 12.0. The van der Waals surface area contributed by atoms with Crippen molar-refractivity contribution in [2.24, 2.45) is 0 Å². The van der Waals surface area contributed by atoms with Crippen LogP contribution in [0.1, 0.15) is 27.4 Å². The van der Waals surface area contributed by atoms with Crippen molar-refractivity contribution >= 4 is 5.97 Å². The summed E-state index contributed by atoms with van der Waals surface area (Å²) in [6.45, 7) is 4.88. The van der Waals surface area contributed by atoms with Gasteiger partial charge >= 0.3 is 5.97 Å². The number of hydrogen-bond donors (Lipinski definition) is 0. The van der Waals surface area contributed by atoms with Gasteiger partial charge in [-0.25, -0.2) is 4.79 Å². The van der Waals surface area contributed by atoms with E-state index in [9.17, 15) is 4.79 Å². The number of para-hydroxylation sites is 1. The van der Waals surface area contributed by atoms with Crippen molar-refractivity contribution < 1.29 is 18.7 Å². The summed E-state index contributed by atoms with van der Waals surface area (Å²) in [6, 6.07) is 11.1. The van der Waals surface area contributed by atoms with Crippen LogP contribution in [-0.4, -0.2) is 29.0 Å². The molecular formula is C19H20N2O4. The van der Waals surface area contributed by atoms with E-state index in [1.54, 1.807) is 23.0 Å². The molecule has 0 aliphatic carbocycles. The first-order valence-electron chi connectivity index (χ1n) is 8.06. The Hall–Kier alpha value is -3.02. The van der Waals surface area contributed by atoms with Crippen LogP contribution in [0, 0.1) is 13.8 Å². The Bertz CT molecular complexity index is 817. The van der Waals surface area contributed by atoms with Gasteiger partial charge in [-0.15, -0.1) is 0 Å². The summed E-state index contributed by atoms with van der Waals surface area (Å²) in [6.07, 6.45) is 3.51. The summed E-state index contributed by atoms with van der Waals surface area (Å²) in [7, 11) is 0. The van der Waals surface area contributed by atoms with Crippen LogP contribution in [0.2, 0.25) is 0 Å². The fourth-order valence-corrected chi connectivity index (χ4v) is 2.50. The van der Waals surface area contributed by atoms with E-state index in [4.69, 9.17) is 13.9 Å². The maximum absolute atomic E-state index is 12.0. The summed E-state index contributed by atoms with van der Waals surface area (Å²) in [5.41, 5.74) is 2.11. The van der Waals surface area contributed by atoms with Crippen LogP contribution < -0.4 is 4.74 Å². The maximum Gasteiger partial charge on any atom is 0.374 e. The Morgan fingerprint density at radius 1 is 1.12 bits per heavy atom. The summed E-state index contributed by atoms with van der Waals surface area (Å²) in [5, 5.41) is 4.09. The smallest absolute Gasteiger partial charge is 0.374 e. The van der Waals surface area contributed by atoms with Gasteiger partial charge in [-0.3, -0.25) is 4.68 Å². The van der Waals surface area contributed by atoms with E-state index in [1.807, 2.05) is 44.3 Å². The quantitative estimate of drug-likeness (QED) is 0.487. The van der Waals surface area contributed by atoms with Gasteiger partial charge in [0.15, 0.2) is 0 Å². The predicted molar refractivity (Wildman–Crippen MR) is 91.7 cm³/mol. The van der Waals surface area contributed by atoms with Gasteiger partial charge in [0.2, 0.25) is 5.76 Å². The van der Waals surface area contributed by atoms with Gasteiger partial charge in [-0.2, -0.15) is 5.10 Å². The molecule has 0 amide bonds. The number of rotatable bonds is 7. The van der Waals surface area contributed by atoms with Gasteiger partial charge in [-0.05, 0) is 43.2 Å². The average molecular weight is 340 g/mol. The summed E-state index contributed by atoms with van der Waals surface area (Å²) >= 11 is 0. The molecule has 3 aromatic rings. The molecule has 0 saturated carbocycles. The SMILES string of the molecule is Cc1cccc(C)c1OCCOC(=O)c1ccc(Cn2cccn2)o1. The van der Waals surface area contributed by atoms with Gasteiger partial charge in [0, 0.05) is 12.4 Å². The number of aromatic nitrogens is 2. The van der Waals surface area contributed by atoms with Gasteiger partial charge < -0.3 is 13.9 Å². The second-order valence-electron chi connectivity index (χ2n) is 5.67. The molecule has 0 aliphatic rings. The van der Waals surface area contributed by atoms with Crippen LogP contribution in [0.3, 0.4) is 0 Å². The fraction of sp³-hybridized carbons (Fsp3) is 0.263. The molecule has 3 rings (SSSR count). The highest BCUT2D eigenvalue weighted by Gasteiger charge is 2.13. The number of carbonyl (C=O) groups is 1.